The maximum Gasteiger partial charge on any atom is 0.198 e. The number of rotatable bonds is 4. The number of nitrogens with one attached hydrogen (secondary N) is 1. The minimum Gasteiger partial charge on any atom is -0.456 e. The summed E-state index contributed by atoms with van der Waals surface area (Å²) in [5.41, 5.74) is 22.2. The molecule has 11 aromatic rings. The minimum absolute atomic E-state index is 0.00557. The number of hydrogen-bond donors (Lipinski definition) is 1. The monoisotopic (exact) mass is 870 g/mol. The average Bonchev–Trinajstić information content (AvgIpc) is 4.03. The first kappa shape index (κ1) is 39.5. The second-order valence-corrected chi connectivity index (χ2v) is 22.2. The fourth-order valence-corrected chi connectivity index (χ4v) is 11.9. The molecular weight excluding hydrogens is 822 g/mol. The normalized spacial score (nSPS) is 14.0. The van der Waals surface area contributed by atoms with Crippen molar-refractivity contribution in [1.82, 2.24) is 9.55 Å². The van der Waals surface area contributed by atoms with Gasteiger partial charge in [-0.1, -0.05) is 146 Å². The molecule has 13 rings (SSSR count). The molecule has 1 radical (unpaired) electrons. The van der Waals surface area contributed by atoms with Crippen LogP contribution < -0.4 is 16.2 Å². The molecule has 1 N–H and O–H groups in total. The Morgan fingerprint density at radius 1 is 0.606 bits per heavy atom. The first-order valence-electron chi connectivity index (χ1n) is 23.2. The van der Waals surface area contributed by atoms with Crippen molar-refractivity contribution in [2.75, 3.05) is 5.32 Å². The van der Waals surface area contributed by atoms with Crippen LogP contribution in [0.25, 0.3) is 92.5 Å². The Balaban J connectivity index is 1.09. The van der Waals surface area contributed by atoms with Crippen molar-refractivity contribution in [3.63, 3.8) is 0 Å². The van der Waals surface area contributed by atoms with Gasteiger partial charge in [0, 0.05) is 61.0 Å². The van der Waals surface area contributed by atoms with E-state index in [-0.39, 0.29) is 16.2 Å². The molecule has 0 unspecified atom stereocenters. The number of aromatic nitrogens is 2. The molecule has 0 saturated carbocycles. The molecule has 2 aliphatic rings. The van der Waals surface area contributed by atoms with Crippen LogP contribution in [0.5, 0.6) is 0 Å². The van der Waals surface area contributed by atoms with Crippen molar-refractivity contribution < 1.29 is 4.42 Å². The highest BCUT2D eigenvalue weighted by Crippen LogP contribution is 2.52. The van der Waals surface area contributed by atoms with Gasteiger partial charge < -0.3 is 14.3 Å². The zero-order valence-electron chi connectivity index (χ0n) is 38.6. The number of benzene rings is 8. The summed E-state index contributed by atoms with van der Waals surface area (Å²) < 4.78 is 10.4. The van der Waals surface area contributed by atoms with Gasteiger partial charge in [-0.15, -0.1) is 11.3 Å². The summed E-state index contributed by atoms with van der Waals surface area (Å²) in [6.07, 6.45) is 0. The van der Waals surface area contributed by atoms with Gasteiger partial charge in [-0.05, 0) is 110 Å². The van der Waals surface area contributed by atoms with E-state index in [0.717, 1.165) is 66.0 Å². The SMILES string of the molecule is CC(C)(C)c1ccc(Nc2cc3oc4ccc(C(C)(C)C)cc4c3cc2-c2ccc3c4cc5c(cc4n4c3c2[B]c2cc3nc(-c6ccccc6)sc3cc2-4)C(C)(C)c2ccccc2-5)cc1. The van der Waals surface area contributed by atoms with E-state index < -0.39 is 0 Å². The maximum atomic E-state index is 6.69. The molecule has 6 heteroatoms. The zero-order valence-corrected chi connectivity index (χ0v) is 39.5. The Morgan fingerprint density at radius 3 is 2.12 bits per heavy atom. The van der Waals surface area contributed by atoms with Crippen molar-refractivity contribution in [2.45, 2.75) is 71.6 Å². The molecule has 1 aliphatic carbocycles. The summed E-state index contributed by atoms with van der Waals surface area (Å²) in [6.45, 7) is 18.4. The maximum absolute atomic E-state index is 6.69. The van der Waals surface area contributed by atoms with Crippen LogP contribution in [0, 0.1) is 0 Å². The molecule has 0 atom stereocenters. The smallest absolute Gasteiger partial charge is 0.198 e. The molecule has 1 aliphatic heterocycles. The van der Waals surface area contributed by atoms with E-state index >= 15 is 0 Å². The van der Waals surface area contributed by atoms with Crippen molar-refractivity contribution in [3.8, 4) is 38.5 Å². The summed E-state index contributed by atoms with van der Waals surface area (Å²) >= 11 is 1.77. The quantitative estimate of drug-likeness (QED) is 0.179. The van der Waals surface area contributed by atoms with Crippen LogP contribution in [-0.4, -0.2) is 16.8 Å². The van der Waals surface area contributed by atoms with Gasteiger partial charge in [0.2, 0.25) is 0 Å². The van der Waals surface area contributed by atoms with E-state index in [1.165, 1.54) is 71.0 Å². The van der Waals surface area contributed by atoms with Crippen LogP contribution in [0.4, 0.5) is 11.4 Å². The molecule has 8 aromatic carbocycles. The Hall–Kier alpha value is -6.89. The summed E-state index contributed by atoms with van der Waals surface area (Å²) in [6, 6.07) is 54.1. The largest absolute Gasteiger partial charge is 0.456 e. The van der Waals surface area contributed by atoms with Crippen molar-refractivity contribution in [1.29, 1.82) is 0 Å². The van der Waals surface area contributed by atoms with Gasteiger partial charge in [-0.2, -0.15) is 0 Å². The highest BCUT2D eigenvalue weighted by molar-refractivity contribution is 7.21. The van der Waals surface area contributed by atoms with Crippen LogP contribution in [0.15, 0.2) is 150 Å². The lowest BCUT2D eigenvalue weighted by Crippen LogP contribution is -2.37. The Kier molecular flexibility index (Phi) is 8.13. The third-order valence-electron chi connectivity index (χ3n) is 14.6. The van der Waals surface area contributed by atoms with Gasteiger partial charge >= 0.3 is 0 Å². The molecule has 319 valence electrons. The highest BCUT2D eigenvalue weighted by atomic mass is 32.1. The molecule has 66 heavy (non-hydrogen) atoms. The van der Waals surface area contributed by atoms with Gasteiger partial charge in [-0.25, -0.2) is 4.98 Å². The van der Waals surface area contributed by atoms with E-state index in [4.69, 9.17) is 9.40 Å². The number of thiazole rings is 1. The summed E-state index contributed by atoms with van der Waals surface area (Å²) in [7, 11) is 2.43. The average molecular weight is 871 g/mol. The van der Waals surface area contributed by atoms with Gasteiger partial charge in [0.05, 0.1) is 21.4 Å². The lowest BCUT2D eigenvalue weighted by Gasteiger charge is -2.25. The Morgan fingerprint density at radius 2 is 1.33 bits per heavy atom. The summed E-state index contributed by atoms with van der Waals surface area (Å²) in [4.78, 5) is 5.25. The molecule has 0 saturated heterocycles. The van der Waals surface area contributed by atoms with Gasteiger partial charge in [-0.3, -0.25) is 0 Å². The van der Waals surface area contributed by atoms with Crippen LogP contribution >= 0.6 is 11.3 Å². The van der Waals surface area contributed by atoms with Gasteiger partial charge in [0.25, 0.3) is 0 Å². The van der Waals surface area contributed by atoms with Crippen LogP contribution in [0.3, 0.4) is 0 Å². The Labute approximate surface area is 390 Å². The fourth-order valence-electron chi connectivity index (χ4n) is 10.9. The molecule has 0 amide bonds. The number of hydrogen-bond acceptors (Lipinski definition) is 4. The first-order chi connectivity index (χ1) is 31.7. The van der Waals surface area contributed by atoms with E-state index in [1.54, 1.807) is 11.3 Å². The lowest BCUT2D eigenvalue weighted by molar-refractivity contribution is 0.590. The topological polar surface area (TPSA) is 43.0 Å². The minimum atomic E-state index is -0.137. The van der Waals surface area contributed by atoms with Crippen LogP contribution in [0.2, 0.25) is 0 Å². The first-order valence-corrected chi connectivity index (χ1v) is 24.0. The molecular formula is C60H49BN3OS. The van der Waals surface area contributed by atoms with Crippen molar-refractivity contribution >= 4 is 94.9 Å². The molecule has 0 fully saturated rings. The van der Waals surface area contributed by atoms with Crippen molar-refractivity contribution in [3.05, 3.63) is 168 Å². The number of nitrogens with zero attached hydrogens (tertiary/aromatic N) is 2. The van der Waals surface area contributed by atoms with Gasteiger partial charge in [0.1, 0.15) is 16.2 Å². The molecule has 4 heterocycles. The lowest BCUT2D eigenvalue weighted by atomic mass is 9.59. The highest BCUT2D eigenvalue weighted by Gasteiger charge is 2.37. The second-order valence-electron chi connectivity index (χ2n) is 21.2. The van der Waals surface area contributed by atoms with Gasteiger partial charge in [0.15, 0.2) is 7.28 Å². The molecule has 3 aromatic heterocycles. The second kappa shape index (κ2) is 13.6. The zero-order chi connectivity index (χ0) is 45.0. The molecule has 4 nitrogen and oxygen atoms in total. The van der Waals surface area contributed by atoms with E-state index in [0.29, 0.717) is 0 Å². The van der Waals surface area contributed by atoms with E-state index in [9.17, 15) is 0 Å². The summed E-state index contributed by atoms with van der Waals surface area (Å²) in [5.74, 6) is 0. The van der Waals surface area contributed by atoms with E-state index in [1.807, 2.05) is 0 Å². The van der Waals surface area contributed by atoms with Crippen LogP contribution in [0.1, 0.15) is 77.6 Å². The summed E-state index contributed by atoms with van der Waals surface area (Å²) in [5, 5.41) is 9.70. The van der Waals surface area contributed by atoms with Crippen molar-refractivity contribution in [2.24, 2.45) is 0 Å². The Bertz CT molecular complexity index is 3850. The van der Waals surface area contributed by atoms with Crippen LogP contribution in [-0.2, 0) is 16.2 Å². The standard InChI is InChI=1S/C60H49BN3OS/c1-58(2,3)34-18-21-36(22-19-34)62-48-31-53-44(43-26-35(59(4,5)6)20-25-52(43)65-53)28-41(48)38-23-24-39-42-27-40-37-16-12-13-17-45(37)60(7,8)46(40)29-50(42)64-51-32-54-49(30-47(51)61-55(38)56(39)64)63-57(66-54)33-14-10-9-11-15-33/h9-32,62H,1-8H3. The third-order valence-corrected chi connectivity index (χ3v) is 15.6. The molecule has 0 bridgehead atoms. The number of anilines is 2. The number of fused-ring (bicyclic) bond motifs is 12. The molecule has 0 spiro atoms. The van der Waals surface area contributed by atoms with E-state index in [2.05, 4.69) is 218 Å². The third kappa shape index (κ3) is 5.80. The fraction of sp³-hybridized carbons (Fsp3) is 0.183. The predicted molar refractivity (Wildman–Crippen MR) is 282 cm³/mol. The number of furan rings is 1. The predicted octanol–water partition coefficient (Wildman–Crippen LogP) is 15.2.